The molecule has 6 nitrogen and oxygen atoms in total. The molecule has 1 amide bonds. The number of carbonyl (C=O) groups is 1. The molecule has 0 spiro atoms. The molecule has 1 fully saturated rings. The summed E-state index contributed by atoms with van der Waals surface area (Å²) in [7, 11) is 0. The van der Waals surface area contributed by atoms with Crippen molar-refractivity contribution >= 4 is 28.6 Å². The molecule has 0 atom stereocenters. The minimum Gasteiger partial charge on any atom is -0.342 e. The fourth-order valence-electron chi connectivity index (χ4n) is 3.54. The Labute approximate surface area is 169 Å². The molecule has 146 valence electrons. The predicted octanol–water partition coefficient (Wildman–Crippen LogP) is 3.96. The lowest BCUT2D eigenvalue weighted by Crippen LogP contribution is -2.29. The van der Waals surface area contributed by atoms with Crippen LogP contribution in [0.3, 0.4) is 0 Å². The van der Waals surface area contributed by atoms with Gasteiger partial charge >= 0.3 is 0 Å². The van der Waals surface area contributed by atoms with Crippen molar-refractivity contribution in [3.05, 3.63) is 41.7 Å². The minimum absolute atomic E-state index is 0.173. The highest BCUT2D eigenvalue weighted by Gasteiger charge is 2.21. The zero-order valence-electron chi connectivity index (χ0n) is 16.6. The molecule has 1 aliphatic heterocycles. The molecule has 2 aromatic heterocycles. The van der Waals surface area contributed by atoms with Gasteiger partial charge in [-0.15, -0.1) is 5.10 Å². The van der Waals surface area contributed by atoms with E-state index in [9.17, 15) is 4.79 Å². The number of hydrogen-bond donors (Lipinski definition) is 0. The Morgan fingerprint density at radius 2 is 1.86 bits per heavy atom. The van der Waals surface area contributed by atoms with Crippen LogP contribution in [-0.2, 0) is 4.79 Å². The van der Waals surface area contributed by atoms with E-state index in [4.69, 9.17) is 0 Å². The maximum absolute atomic E-state index is 12.5. The largest absolute Gasteiger partial charge is 0.342 e. The molecule has 0 radical (unpaired) electrons. The number of nitrogens with zero attached hydrogens (tertiary/aromatic N) is 5. The van der Waals surface area contributed by atoms with Crippen LogP contribution in [-0.4, -0.2) is 49.6 Å². The highest BCUT2D eigenvalue weighted by Crippen LogP contribution is 2.31. The van der Waals surface area contributed by atoms with Gasteiger partial charge in [0.1, 0.15) is 10.5 Å². The Morgan fingerprint density at radius 3 is 2.54 bits per heavy atom. The summed E-state index contributed by atoms with van der Waals surface area (Å²) in [5, 5.41) is 15.3. The number of fused-ring (bicyclic) bond motifs is 1. The second-order valence-electron chi connectivity index (χ2n) is 7.58. The number of carbonyl (C=O) groups excluding carboxylic acids is 1. The van der Waals surface area contributed by atoms with Crippen molar-refractivity contribution < 1.29 is 4.79 Å². The Bertz CT molecular complexity index is 990. The average molecular weight is 396 g/mol. The molecule has 0 bridgehead atoms. The second-order valence-corrected chi connectivity index (χ2v) is 8.54. The molecule has 0 saturated carbocycles. The summed E-state index contributed by atoms with van der Waals surface area (Å²) < 4.78 is 1.91. The predicted molar refractivity (Wildman–Crippen MR) is 112 cm³/mol. The lowest BCUT2D eigenvalue weighted by Gasteiger charge is -2.15. The van der Waals surface area contributed by atoms with Crippen LogP contribution >= 0.6 is 11.8 Å². The van der Waals surface area contributed by atoms with Gasteiger partial charge < -0.3 is 4.90 Å². The Hall–Kier alpha value is -2.41. The molecule has 3 heterocycles. The van der Waals surface area contributed by atoms with Crippen molar-refractivity contribution in [2.75, 3.05) is 18.8 Å². The lowest BCUT2D eigenvalue weighted by atomic mass is 10.1. The summed E-state index contributed by atoms with van der Waals surface area (Å²) in [6.45, 7) is 8.02. The first-order valence-corrected chi connectivity index (χ1v) is 10.7. The molecule has 0 unspecified atom stereocenters. The van der Waals surface area contributed by atoms with E-state index in [0.29, 0.717) is 5.75 Å². The van der Waals surface area contributed by atoms with Crippen LogP contribution in [0.1, 0.15) is 43.9 Å². The molecule has 7 heteroatoms. The van der Waals surface area contributed by atoms with E-state index >= 15 is 0 Å². The van der Waals surface area contributed by atoms with Crippen LogP contribution < -0.4 is 0 Å². The van der Waals surface area contributed by atoms with Crippen molar-refractivity contribution in [1.29, 1.82) is 0 Å². The van der Waals surface area contributed by atoms with Crippen LogP contribution in [0.4, 0.5) is 0 Å². The molecule has 1 aromatic carbocycles. The topological polar surface area (TPSA) is 63.9 Å². The summed E-state index contributed by atoms with van der Waals surface area (Å²) in [5.74, 6) is 0.798. The Kier molecular flexibility index (Phi) is 5.35. The zero-order valence-corrected chi connectivity index (χ0v) is 17.4. The molecule has 0 aliphatic carbocycles. The standard InChI is InChI=1S/C21H25N5OS/c1-14(2)19-17-12-22-26(16-8-6-15(3)7-9-16)20(17)21(24-23-19)28-13-18(27)25-10-4-5-11-25/h6-9,12,14H,4-5,10-11,13H2,1-3H3. The third-order valence-corrected chi connectivity index (χ3v) is 6.05. The molecule has 3 aromatic rings. The molecule has 1 aliphatic rings. The van der Waals surface area contributed by atoms with E-state index in [2.05, 4.69) is 60.3 Å². The molecule has 0 N–H and O–H groups in total. The van der Waals surface area contributed by atoms with Gasteiger partial charge in [0, 0.05) is 18.5 Å². The zero-order chi connectivity index (χ0) is 19.7. The quantitative estimate of drug-likeness (QED) is 0.612. The molecule has 1 saturated heterocycles. The number of aryl methyl sites for hydroxylation is 1. The third kappa shape index (κ3) is 3.63. The average Bonchev–Trinajstić information content (AvgIpc) is 3.36. The molecule has 28 heavy (non-hydrogen) atoms. The van der Waals surface area contributed by atoms with Crippen LogP contribution in [0.5, 0.6) is 0 Å². The van der Waals surface area contributed by atoms with Crippen LogP contribution in [0.15, 0.2) is 35.5 Å². The van der Waals surface area contributed by atoms with Gasteiger partial charge in [0.15, 0.2) is 0 Å². The number of hydrogen-bond acceptors (Lipinski definition) is 5. The number of thioether (sulfide) groups is 1. The highest BCUT2D eigenvalue weighted by atomic mass is 32.2. The maximum Gasteiger partial charge on any atom is 0.232 e. The van der Waals surface area contributed by atoms with E-state index in [1.165, 1.54) is 17.3 Å². The molecular formula is C21H25N5OS. The van der Waals surface area contributed by atoms with Crippen molar-refractivity contribution in [2.45, 2.75) is 44.6 Å². The minimum atomic E-state index is 0.173. The first kappa shape index (κ1) is 18.9. The van der Waals surface area contributed by atoms with Gasteiger partial charge in [0.2, 0.25) is 5.91 Å². The summed E-state index contributed by atoms with van der Waals surface area (Å²) in [6.07, 6.45) is 4.07. The number of aromatic nitrogens is 4. The van der Waals surface area contributed by atoms with Gasteiger partial charge in [0.05, 0.1) is 23.3 Å². The van der Waals surface area contributed by atoms with Gasteiger partial charge in [0.25, 0.3) is 0 Å². The van der Waals surface area contributed by atoms with Gasteiger partial charge in [-0.3, -0.25) is 4.79 Å². The third-order valence-electron chi connectivity index (χ3n) is 5.11. The van der Waals surface area contributed by atoms with Gasteiger partial charge in [-0.05, 0) is 37.8 Å². The number of amides is 1. The van der Waals surface area contributed by atoms with Gasteiger partial charge in [-0.25, -0.2) is 4.68 Å². The molecule has 4 rings (SSSR count). The van der Waals surface area contributed by atoms with Crippen LogP contribution in [0, 0.1) is 6.92 Å². The summed E-state index contributed by atoms with van der Waals surface area (Å²) in [4.78, 5) is 14.4. The van der Waals surface area contributed by atoms with Crippen molar-refractivity contribution in [1.82, 2.24) is 24.9 Å². The van der Waals surface area contributed by atoms with Gasteiger partial charge in [-0.1, -0.05) is 43.3 Å². The van der Waals surface area contributed by atoms with Crippen molar-refractivity contribution in [3.8, 4) is 5.69 Å². The monoisotopic (exact) mass is 395 g/mol. The van der Waals surface area contributed by atoms with Crippen LogP contribution in [0.25, 0.3) is 16.6 Å². The van der Waals surface area contributed by atoms with E-state index in [0.717, 1.165) is 53.2 Å². The van der Waals surface area contributed by atoms with E-state index in [1.54, 1.807) is 0 Å². The van der Waals surface area contributed by atoms with Crippen LogP contribution in [0.2, 0.25) is 0 Å². The maximum atomic E-state index is 12.5. The lowest BCUT2D eigenvalue weighted by molar-refractivity contribution is -0.127. The van der Waals surface area contributed by atoms with Crippen molar-refractivity contribution in [2.24, 2.45) is 0 Å². The number of benzene rings is 1. The second kappa shape index (κ2) is 7.91. The summed E-state index contributed by atoms with van der Waals surface area (Å²) >= 11 is 1.46. The Balaban J connectivity index is 1.72. The SMILES string of the molecule is Cc1ccc(-n2ncc3c(C(C)C)nnc(SCC(=O)N4CCCC4)c32)cc1. The fourth-order valence-corrected chi connectivity index (χ4v) is 4.41. The van der Waals surface area contributed by atoms with E-state index < -0.39 is 0 Å². The summed E-state index contributed by atoms with van der Waals surface area (Å²) in [5.41, 5.74) is 4.05. The number of rotatable bonds is 5. The smallest absolute Gasteiger partial charge is 0.232 e. The summed E-state index contributed by atoms with van der Waals surface area (Å²) in [6, 6.07) is 8.26. The van der Waals surface area contributed by atoms with E-state index in [1.807, 2.05) is 15.8 Å². The van der Waals surface area contributed by atoms with Gasteiger partial charge in [-0.2, -0.15) is 10.2 Å². The number of likely N-dealkylation sites (tertiary alicyclic amines) is 1. The molecular weight excluding hydrogens is 370 g/mol. The first-order chi connectivity index (χ1) is 13.5. The first-order valence-electron chi connectivity index (χ1n) is 9.76. The Morgan fingerprint density at radius 1 is 1.14 bits per heavy atom. The highest BCUT2D eigenvalue weighted by molar-refractivity contribution is 8.00. The van der Waals surface area contributed by atoms with Crippen molar-refractivity contribution in [3.63, 3.8) is 0 Å². The fraction of sp³-hybridized carbons (Fsp3) is 0.429. The van der Waals surface area contributed by atoms with E-state index in [-0.39, 0.29) is 11.8 Å². The normalized spacial score (nSPS) is 14.4.